The number of ether oxygens (including phenoxy) is 1. The first-order chi connectivity index (χ1) is 14.3. The SMILES string of the molecule is COc1ccc([N+](=O)[O-])cc1C(=O)N1CCN(C(=O)C(C)(C)c2ccccc2)CC1. The summed E-state index contributed by atoms with van der Waals surface area (Å²) in [4.78, 5) is 40.0. The average Bonchev–Trinajstić information content (AvgIpc) is 2.78. The maximum atomic E-state index is 13.1. The molecule has 30 heavy (non-hydrogen) atoms. The number of rotatable bonds is 5. The third kappa shape index (κ3) is 4.12. The summed E-state index contributed by atoms with van der Waals surface area (Å²) < 4.78 is 5.21. The molecule has 0 atom stereocenters. The lowest BCUT2D eigenvalue weighted by molar-refractivity contribution is -0.384. The van der Waals surface area contributed by atoms with Gasteiger partial charge in [-0.2, -0.15) is 0 Å². The van der Waals surface area contributed by atoms with Crippen molar-refractivity contribution in [1.29, 1.82) is 0 Å². The highest BCUT2D eigenvalue weighted by atomic mass is 16.6. The Morgan fingerprint density at radius 3 is 2.17 bits per heavy atom. The van der Waals surface area contributed by atoms with Crippen LogP contribution in [0.15, 0.2) is 48.5 Å². The fraction of sp³-hybridized carbons (Fsp3) is 0.364. The number of carbonyl (C=O) groups excluding carboxylic acids is 2. The number of nitro groups is 1. The Morgan fingerprint density at radius 1 is 1.00 bits per heavy atom. The van der Waals surface area contributed by atoms with E-state index < -0.39 is 10.3 Å². The number of piperazine rings is 1. The third-order valence-electron chi connectivity index (χ3n) is 5.51. The van der Waals surface area contributed by atoms with Crippen LogP contribution in [0, 0.1) is 10.1 Å². The Hall–Kier alpha value is -3.42. The highest BCUT2D eigenvalue weighted by Gasteiger charge is 2.36. The van der Waals surface area contributed by atoms with Crippen molar-refractivity contribution in [1.82, 2.24) is 9.80 Å². The lowest BCUT2D eigenvalue weighted by Gasteiger charge is -2.39. The zero-order valence-electron chi connectivity index (χ0n) is 17.3. The molecule has 0 aromatic heterocycles. The standard InChI is InChI=1S/C22H25N3O5/c1-22(2,16-7-5-4-6-8-16)21(27)24-13-11-23(12-14-24)20(26)18-15-17(25(28)29)9-10-19(18)30-3/h4-10,15H,11-14H2,1-3H3. The van der Waals surface area contributed by atoms with Gasteiger partial charge in [0, 0.05) is 38.3 Å². The summed E-state index contributed by atoms with van der Waals surface area (Å²) in [5.41, 5.74) is 0.250. The number of methoxy groups -OCH3 is 1. The van der Waals surface area contributed by atoms with Crippen LogP contribution in [-0.4, -0.2) is 59.8 Å². The summed E-state index contributed by atoms with van der Waals surface area (Å²) in [5, 5.41) is 11.1. The Bertz CT molecular complexity index is 951. The molecule has 3 rings (SSSR count). The maximum absolute atomic E-state index is 13.1. The Morgan fingerprint density at radius 2 is 1.60 bits per heavy atom. The number of hydrogen-bond acceptors (Lipinski definition) is 5. The molecule has 0 spiro atoms. The molecule has 0 N–H and O–H groups in total. The minimum atomic E-state index is -0.670. The molecule has 1 aliphatic heterocycles. The van der Waals surface area contributed by atoms with Crippen molar-refractivity contribution in [2.45, 2.75) is 19.3 Å². The number of nitro benzene ring substituents is 1. The highest BCUT2D eigenvalue weighted by Crippen LogP contribution is 2.28. The van der Waals surface area contributed by atoms with E-state index in [1.54, 1.807) is 9.80 Å². The average molecular weight is 411 g/mol. The summed E-state index contributed by atoms with van der Waals surface area (Å²) in [6.45, 7) is 5.30. The van der Waals surface area contributed by atoms with Crippen molar-refractivity contribution in [3.05, 3.63) is 69.8 Å². The monoisotopic (exact) mass is 411 g/mol. The van der Waals surface area contributed by atoms with Crippen LogP contribution in [0.4, 0.5) is 5.69 Å². The lowest BCUT2D eigenvalue weighted by atomic mass is 9.83. The molecular formula is C22H25N3O5. The van der Waals surface area contributed by atoms with E-state index in [-0.39, 0.29) is 28.8 Å². The number of hydrogen-bond donors (Lipinski definition) is 0. The lowest BCUT2D eigenvalue weighted by Crippen LogP contribution is -2.54. The van der Waals surface area contributed by atoms with Crippen molar-refractivity contribution in [2.24, 2.45) is 0 Å². The van der Waals surface area contributed by atoms with Crippen molar-refractivity contribution < 1.29 is 19.2 Å². The van der Waals surface area contributed by atoms with E-state index >= 15 is 0 Å². The van der Waals surface area contributed by atoms with Crippen LogP contribution in [0.3, 0.4) is 0 Å². The molecule has 8 heteroatoms. The number of non-ortho nitro benzene ring substituents is 1. The first-order valence-corrected chi connectivity index (χ1v) is 9.72. The van der Waals surface area contributed by atoms with Gasteiger partial charge in [-0.15, -0.1) is 0 Å². The fourth-order valence-electron chi connectivity index (χ4n) is 3.63. The van der Waals surface area contributed by atoms with E-state index in [0.29, 0.717) is 26.2 Å². The second-order valence-corrected chi connectivity index (χ2v) is 7.72. The first-order valence-electron chi connectivity index (χ1n) is 9.72. The molecule has 158 valence electrons. The number of amides is 2. The van der Waals surface area contributed by atoms with Crippen LogP contribution in [0.25, 0.3) is 0 Å². The third-order valence-corrected chi connectivity index (χ3v) is 5.51. The Labute approximate surface area is 175 Å². The van der Waals surface area contributed by atoms with Gasteiger partial charge >= 0.3 is 0 Å². The number of nitrogens with zero attached hydrogens (tertiary/aromatic N) is 3. The van der Waals surface area contributed by atoms with Gasteiger partial charge in [-0.25, -0.2) is 0 Å². The molecule has 1 aliphatic rings. The van der Waals surface area contributed by atoms with Crippen LogP contribution in [0.1, 0.15) is 29.8 Å². The summed E-state index contributed by atoms with van der Waals surface area (Å²) in [7, 11) is 1.42. The molecule has 0 aliphatic carbocycles. The van der Waals surface area contributed by atoms with Crippen LogP contribution in [-0.2, 0) is 10.2 Å². The smallest absolute Gasteiger partial charge is 0.270 e. The van der Waals surface area contributed by atoms with E-state index in [4.69, 9.17) is 4.74 Å². The van der Waals surface area contributed by atoms with Gasteiger partial charge in [-0.3, -0.25) is 19.7 Å². The van der Waals surface area contributed by atoms with E-state index in [0.717, 1.165) is 5.56 Å². The van der Waals surface area contributed by atoms with Gasteiger partial charge in [-0.05, 0) is 25.5 Å². The molecule has 8 nitrogen and oxygen atoms in total. The number of benzene rings is 2. The normalized spacial score (nSPS) is 14.4. The zero-order valence-corrected chi connectivity index (χ0v) is 17.3. The second-order valence-electron chi connectivity index (χ2n) is 7.72. The Kier molecular flexibility index (Phi) is 6.05. The highest BCUT2D eigenvalue weighted by molar-refractivity contribution is 5.98. The molecule has 1 fully saturated rings. The summed E-state index contributed by atoms with van der Waals surface area (Å²) in [6.07, 6.45) is 0. The molecule has 0 saturated carbocycles. The quantitative estimate of drug-likeness (QED) is 0.557. The van der Waals surface area contributed by atoms with Crippen molar-refractivity contribution in [3.8, 4) is 5.75 Å². The largest absolute Gasteiger partial charge is 0.496 e. The molecular weight excluding hydrogens is 386 g/mol. The van der Waals surface area contributed by atoms with Gasteiger partial charge in [-0.1, -0.05) is 30.3 Å². The molecule has 1 heterocycles. The van der Waals surface area contributed by atoms with Gasteiger partial charge in [0.25, 0.3) is 11.6 Å². The second kappa shape index (κ2) is 8.52. The van der Waals surface area contributed by atoms with Crippen molar-refractivity contribution in [2.75, 3.05) is 33.3 Å². The van der Waals surface area contributed by atoms with Crippen LogP contribution in [0.2, 0.25) is 0 Å². The van der Waals surface area contributed by atoms with Gasteiger partial charge in [0.1, 0.15) is 5.75 Å². The molecule has 2 aromatic carbocycles. The topological polar surface area (TPSA) is 93.0 Å². The fourth-order valence-corrected chi connectivity index (χ4v) is 3.63. The van der Waals surface area contributed by atoms with Crippen molar-refractivity contribution in [3.63, 3.8) is 0 Å². The van der Waals surface area contributed by atoms with Gasteiger partial charge in [0.15, 0.2) is 0 Å². The minimum Gasteiger partial charge on any atom is -0.496 e. The predicted octanol–water partition coefficient (Wildman–Crippen LogP) is 2.87. The van der Waals surface area contributed by atoms with E-state index in [1.165, 1.54) is 25.3 Å². The molecule has 2 amide bonds. The van der Waals surface area contributed by atoms with Crippen molar-refractivity contribution >= 4 is 17.5 Å². The van der Waals surface area contributed by atoms with Crippen LogP contribution >= 0.6 is 0 Å². The van der Waals surface area contributed by atoms with E-state index in [9.17, 15) is 19.7 Å². The molecule has 0 radical (unpaired) electrons. The number of carbonyl (C=O) groups is 2. The van der Waals surface area contributed by atoms with E-state index in [2.05, 4.69) is 0 Å². The first kappa shape index (κ1) is 21.3. The molecule has 0 unspecified atom stereocenters. The minimum absolute atomic E-state index is 0.00808. The zero-order chi connectivity index (χ0) is 21.9. The van der Waals surface area contributed by atoms with Gasteiger partial charge in [0.05, 0.1) is 23.0 Å². The maximum Gasteiger partial charge on any atom is 0.270 e. The van der Waals surface area contributed by atoms with Crippen LogP contribution in [0.5, 0.6) is 5.75 Å². The molecule has 2 aromatic rings. The van der Waals surface area contributed by atoms with E-state index in [1.807, 2.05) is 44.2 Å². The van der Waals surface area contributed by atoms with Gasteiger partial charge in [0.2, 0.25) is 5.91 Å². The summed E-state index contributed by atoms with van der Waals surface area (Å²) in [6, 6.07) is 13.6. The molecule has 0 bridgehead atoms. The summed E-state index contributed by atoms with van der Waals surface area (Å²) in [5.74, 6) is -0.0481. The predicted molar refractivity (Wildman–Crippen MR) is 112 cm³/mol. The molecule has 1 saturated heterocycles. The van der Waals surface area contributed by atoms with Crippen LogP contribution < -0.4 is 4.74 Å². The summed E-state index contributed by atoms with van der Waals surface area (Å²) >= 11 is 0. The van der Waals surface area contributed by atoms with Gasteiger partial charge < -0.3 is 14.5 Å². The Balaban J connectivity index is 1.71.